The Morgan fingerprint density at radius 2 is 1.83 bits per heavy atom. The van der Waals surface area contributed by atoms with Gasteiger partial charge in [0, 0.05) is 12.1 Å². The van der Waals surface area contributed by atoms with Crippen LogP contribution >= 0.6 is 0 Å². The molecule has 1 atom stereocenters. The Morgan fingerprint density at radius 3 is 2.41 bits per heavy atom. The molecule has 0 aliphatic heterocycles. The summed E-state index contributed by atoms with van der Waals surface area (Å²) >= 11 is 0. The number of nitrogens with zero attached hydrogens (tertiary/aromatic N) is 2. The molecule has 1 amide bonds. The van der Waals surface area contributed by atoms with E-state index in [1.165, 1.54) is 24.1 Å². The molecule has 0 bridgehead atoms. The van der Waals surface area contributed by atoms with Crippen molar-refractivity contribution < 1.29 is 27.6 Å². The zero-order valence-corrected chi connectivity index (χ0v) is 16.3. The number of hydrogen-bond donors (Lipinski definition) is 1. The van der Waals surface area contributed by atoms with Gasteiger partial charge in [-0.3, -0.25) is 4.79 Å². The van der Waals surface area contributed by atoms with Gasteiger partial charge in [-0.15, -0.1) is 0 Å². The van der Waals surface area contributed by atoms with Gasteiger partial charge >= 0.3 is 6.18 Å². The minimum atomic E-state index is -4.37. The molecule has 0 fully saturated rings. The minimum absolute atomic E-state index is 0.116. The number of rotatable bonds is 8. The van der Waals surface area contributed by atoms with Gasteiger partial charge in [0.15, 0.2) is 6.54 Å². The summed E-state index contributed by atoms with van der Waals surface area (Å²) in [6.07, 6.45) is -4.20. The lowest BCUT2D eigenvalue weighted by Gasteiger charge is -2.25. The number of likely N-dealkylation sites (N-methyl/N-ethyl adjacent to an activating group) is 1. The van der Waals surface area contributed by atoms with E-state index in [4.69, 9.17) is 10.00 Å². The third-order valence-corrected chi connectivity index (χ3v) is 4.36. The number of hydrogen-bond acceptors (Lipinski definition) is 3. The molecule has 0 radical (unpaired) electrons. The number of anilines is 1. The van der Waals surface area contributed by atoms with E-state index in [1.54, 1.807) is 31.3 Å². The van der Waals surface area contributed by atoms with Crippen molar-refractivity contribution in [2.24, 2.45) is 0 Å². The average Bonchev–Trinajstić information content (AvgIpc) is 2.68. The summed E-state index contributed by atoms with van der Waals surface area (Å²) in [5, 5.41) is 8.92. The van der Waals surface area contributed by atoms with E-state index in [1.807, 2.05) is 6.07 Å². The van der Waals surface area contributed by atoms with Crippen molar-refractivity contribution in [2.45, 2.75) is 19.1 Å². The number of ether oxygens (including phenoxy) is 1. The molecule has 0 aliphatic rings. The first-order valence-electron chi connectivity index (χ1n) is 9.04. The highest BCUT2D eigenvalue weighted by molar-refractivity contribution is 5.95. The van der Waals surface area contributed by atoms with E-state index in [0.29, 0.717) is 23.5 Å². The molecule has 1 unspecified atom stereocenters. The van der Waals surface area contributed by atoms with Crippen LogP contribution in [-0.2, 0) is 17.5 Å². The second-order valence-electron chi connectivity index (χ2n) is 6.63. The number of quaternary nitrogens is 1. The molecule has 154 valence electrons. The quantitative estimate of drug-likeness (QED) is 0.733. The summed E-state index contributed by atoms with van der Waals surface area (Å²) in [6.45, 7) is 0.732. The second kappa shape index (κ2) is 9.94. The summed E-state index contributed by atoms with van der Waals surface area (Å²) < 4.78 is 43.4. The van der Waals surface area contributed by atoms with Crippen LogP contribution in [0.1, 0.15) is 17.5 Å². The highest BCUT2D eigenvalue weighted by atomic mass is 19.4. The summed E-state index contributed by atoms with van der Waals surface area (Å²) in [5.41, 5.74) is 0.579. The zero-order valence-electron chi connectivity index (χ0n) is 16.3. The predicted molar refractivity (Wildman–Crippen MR) is 102 cm³/mol. The lowest BCUT2D eigenvalue weighted by Crippen LogP contribution is -3.09. The number of benzene rings is 2. The van der Waals surface area contributed by atoms with Crippen LogP contribution in [0.25, 0.3) is 0 Å². The molecule has 5 nitrogen and oxygen atoms in total. The van der Waals surface area contributed by atoms with Crippen LogP contribution in [-0.4, -0.2) is 33.2 Å². The van der Waals surface area contributed by atoms with Crippen molar-refractivity contribution in [1.82, 2.24) is 0 Å². The molecule has 2 aromatic rings. The van der Waals surface area contributed by atoms with E-state index >= 15 is 0 Å². The molecule has 0 spiro atoms. The lowest BCUT2D eigenvalue weighted by atomic mass is 10.1. The topological polar surface area (TPSA) is 57.8 Å². The first-order chi connectivity index (χ1) is 13.8. The summed E-state index contributed by atoms with van der Waals surface area (Å²) in [7, 11) is 3.30. The fourth-order valence-corrected chi connectivity index (χ4v) is 2.97. The van der Waals surface area contributed by atoms with Crippen LogP contribution in [0.15, 0.2) is 48.5 Å². The standard InChI is InChI=1S/C21H22F3N3O2/c1-26(14-16-8-10-17(11-9-16)21(22,23)24)15-20(28)27(13-5-12-25)18-6-3-4-7-19(18)29-2/h3-4,6-11H,5,13-15H2,1-2H3/p+1. The van der Waals surface area contributed by atoms with Crippen LogP contribution in [0.2, 0.25) is 0 Å². The van der Waals surface area contributed by atoms with Gasteiger partial charge in [0.1, 0.15) is 12.3 Å². The average molecular weight is 406 g/mol. The Bertz CT molecular complexity index is 861. The fraction of sp³-hybridized carbons (Fsp3) is 0.333. The predicted octanol–water partition coefficient (Wildman–Crippen LogP) is 2.68. The molecule has 0 saturated carbocycles. The molecule has 8 heteroatoms. The van der Waals surface area contributed by atoms with E-state index in [0.717, 1.165) is 17.0 Å². The molecule has 29 heavy (non-hydrogen) atoms. The summed E-state index contributed by atoms with van der Waals surface area (Å²) in [6, 6.07) is 14.0. The van der Waals surface area contributed by atoms with E-state index < -0.39 is 11.7 Å². The number of methoxy groups -OCH3 is 1. The molecule has 0 heterocycles. The van der Waals surface area contributed by atoms with Crippen LogP contribution < -0.4 is 14.5 Å². The van der Waals surface area contributed by atoms with Crippen molar-refractivity contribution >= 4 is 11.6 Å². The van der Waals surface area contributed by atoms with Gasteiger partial charge in [-0.25, -0.2) is 0 Å². The smallest absolute Gasteiger partial charge is 0.416 e. The number of para-hydroxylation sites is 2. The molecule has 0 saturated heterocycles. The van der Waals surface area contributed by atoms with Crippen LogP contribution in [0, 0.1) is 11.3 Å². The van der Waals surface area contributed by atoms with Crippen molar-refractivity contribution in [3.05, 3.63) is 59.7 Å². The van der Waals surface area contributed by atoms with Gasteiger partial charge in [0.25, 0.3) is 5.91 Å². The van der Waals surface area contributed by atoms with E-state index in [2.05, 4.69) is 0 Å². The molecule has 1 N–H and O–H groups in total. The number of halogens is 3. The molecular formula is C21H23F3N3O2+. The Balaban J connectivity index is 2.09. The maximum Gasteiger partial charge on any atom is 0.416 e. The number of carbonyl (C=O) groups excluding carboxylic acids is 1. The van der Waals surface area contributed by atoms with Gasteiger partial charge in [0.05, 0.1) is 37.9 Å². The van der Waals surface area contributed by atoms with Crippen LogP contribution in [0.3, 0.4) is 0 Å². The van der Waals surface area contributed by atoms with Gasteiger partial charge in [-0.1, -0.05) is 24.3 Å². The highest BCUT2D eigenvalue weighted by Crippen LogP contribution is 2.29. The molecule has 2 aromatic carbocycles. The minimum Gasteiger partial charge on any atom is -0.495 e. The van der Waals surface area contributed by atoms with Gasteiger partial charge in [-0.2, -0.15) is 18.4 Å². The van der Waals surface area contributed by atoms with E-state index in [9.17, 15) is 18.0 Å². The largest absolute Gasteiger partial charge is 0.495 e. The van der Waals surface area contributed by atoms with Crippen molar-refractivity contribution in [1.29, 1.82) is 5.26 Å². The van der Waals surface area contributed by atoms with E-state index in [-0.39, 0.29) is 25.4 Å². The monoisotopic (exact) mass is 406 g/mol. The summed E-state index contributed by atoms with van der Waals surface area (Å²) in [5.74, 6) is 0.327. The third kappa shape index (κ3) is 6.22. The van der Waals surface area contributed by atoms with Crippen LogP contribution in [0.5, 0.6) is 5.75 Å². The van der Waals surface area contributed by atoms with Crippen molar-refractivity contribution in [3.63, 3.8) is 0 Å². The maximum absolute atomic E-state index is 12.9. The van der Waals surface area contributed by atoms with Crippen molar-refractivity contribution in [2.75, 3.05) is 32.1 Å². The highest BCUT2D eigenvalue weighted by Gasteiger charge is 2.30. The molecule has 2 rings (SSSR count). The molecular weight excluding hydrogens is 383 g/mol. The molecule has 0 aromatic heterocycles. The first kappa shape index (κ1) is 22.2. The summed E-state index contributed by atoms with van der Waals surface area (Å²) in [4.78, 5) is 15.2. The Hall–Kier alpha value is -3.05. The number of amides is 1. The Morgan fingerprint density at radius 1 is 1.17 bits per heavy atom. The maximum atomic E-state index is 12.9. The second-order valence-corrected chi connectivity index (χ2v) is 6.63. The fourth-order valence-electron chi connectivity index (χ4n) is 2.97. The normalized spacial score (nSPS) is 12.1. The van der Waals surface area contributed by atoms with Crippen molar-refractivity contribution in [3.8, 4) is 11.8 Å². The van der Waals surface area contributed by atoms with Crippen LogP contribution in [0.4, 0.5) is 18.9 Å². The lowest BCUT2D eigenvalue weighted by molar-refractivity contribution is -0.885. The Labute approximate surface area is 167 Å². The number of alkyl halides is 3. The third-order valence-electron chi connectivity index (χ3n) is 4.36. The molecule has 0 aliphatic carbocycles. The van der Waals surface area contributed by atoms with Gasteiger partial charge in [0.2, 0.25) is 0 Å². The SMILES string of the molecule is COc1ccccc1N(CCC#N)C(=O)C[NH+](C)Cc1ccc(C(F)(F)F)cc1. The number of nitriles is 1. The zero-order chi connectivity index (χ0) is 21.4. The van der Waals surface area contributed by atoms with Gasteiger partial charge < -0.3 is 14.5 Å². The number of nitrogens with one attached hydrogen (secondary N) is 1. The first-order valence-corrected chi connectivity index (χ1v) is 9.04. The number of carbonyl (C=O) groups is 1. The van der Waals surface area contributed by atoms with Gasteiger partial charge in [-0.05, 0) is 24.3 Å². The Kier molecular flexibility index (Phi) is 7.62.